The molecule has 21 heavy (non-hydrogen) atoms. The quantitative estimate of drug-likeness (QED) is 0.605. The minimum atomic E-state index is -0.784. The van der Waals surface area contributed by atoms with Crippen molar-refractivity contribution in [2.75, 3.05) is 13.7 Å². The molecule has 0 saturated carbocycles. The number of benzene rings is 1. The van der Waals surface area contributed by atoms with Gasteiger partial charge in [0.15, 0.2) is 0 Å². The largest absolute Gasteiger partial charge is 0.489 e. The molecule has 0 N–H and O–H groups in total. The summed E-state index contributed by atoms with van der Waals surface area (Å²) in [6, 6.07) is 2.17. The molecule has 1 heterocycles. The zero-order valence-corrected chi connectivity index (χ0v) is 14.5. The number of ether oxygens (including phenoxy) is 1. The van der Waals surface area contributed by atoms with Crippen molar-refractivity contribution in [2.45, 2.75) is 12.8 Å². The molecule has 1 radical (unpaired) electrons. The van der Waals surface area contributed by atoms with E-state index in [1.165, 1.54) is 18.0 Å². The second-order valence-electron chi connectivity index (χ2n) is 4.34. The van der Waals surface area contributed by atoms with Crippen LogP contribution in [0.1, 0.15) is 18.4 Å². The van der Waals surface area contributed by atoms with Crippen LogP contribution in [0.3, 0.4) is 0 Å². The van der Waals surface area contributed by atoms with Crippen molar-refractivity contribution in [1.82, 2.24) is 4.90 Å². The summed E-state index contributed by atoms with van der Waals surface area (Å²) in [5.41, 5.74) is -0.127. The number of allylic oxidation sites excluding steroid dienone is 1. The molecule has 1 amide bonds. The number of carbonyl (C=O) groups excluding carboxylic acids is 1. The average molecular weight is 367 g/mol. The molecule has 0 unspecified atom stereocenters. The SMILES string of the molecule is C=CCOc1cc(F)c(C2=[C-]CCC(=O)N2C)c(F)c1.[Y]. The van der Waals surface area contributed by atoms with E-state index in [-0.39, 0.29) is 62.2 Å². The van der Waals surface area contributed by atoms with Crippen LogP contribution >= 0.6 is 0 Å². The molecule has 6 heteroatoms. The maximum Gasteiger partial charge on any atom is 0.222 e. The van der Waals surface area contributed by atoms with E-state index >= 15 is 0 Å². The van der Waals surface area contributed by atoms with Gasteiger partial charge >= 0.3 is 0 Å². The molecule has 0 aliphatic carbocycles. The summed E-state index contributed by atoms with van der Waals surface area (Å²) in [7, 11) is 1.48. The normalized spacial score (nSPS) is 14.3. The van der Waals surface area contributed by atoms with Crippen LogP contribution in [0.25, 0.3) is 5.70 Å². The van der Waals surface area contributed by atoms with Gasteiger partial charge in [0.1, 0.15) is 12.4 Å². The summed E-state index contributed by atoms with van der Waals surface area (Å²) in [6.07, 6.45) is 4.97. The van der Waals surface area contributed by atoms with E-state index in [2.05, 4.69) is 12.7 Å². The third-order valence-corrected chi connectivity index (χ3v) is 2.96. The van der Waals surface area contributed by atoms with Crippen LogP contribution in [0.15, 0.2) is 24.8 Å². The molecule has 1 aromatic carbocycles. The third-order valence-electron chi connectivity index (χ3n) is 2.96. The molecule has 0 aromatic heterocycles. The number of halogens is 2. The molecule has 0 saturated heterocycles. The fourth-order valence-corrected chi connectivity index (χ4v) is 1.97. The van der Waals surface area contributed by atoms with Crippen LogP contribution in [-0.4, -0.2) is 24.5 Å². The van der Waals surface area contributed by atoms with Crippen LogP contribution in [-0.2, 0) is 37.5 Å². The van der Waals surface area contributed by atoms with Gasteiger partial charge in [0.25, 0.3) is 0 Å². The van der Waals surface area contributed by atoms with Crippen molar-refractivity contribution in [3.8, 4) is 5.75 Å². The van der Waals surface area contributed by atoms with Gasteiger partial charge in [-0.15, -0.1) is 12.1 Å². The van der Waals surface area contributed by atoms with E-state index in [0.717, 1.165) is 12.1 Å². The van der Waals surface area contributed by atoms with Crippen LogP contribution in [0.2, 0.25) is 0 Å². The summed E-state index contributed by atoms with van der Waals surface area (Å²) < 4.78 is 33.3. The molecule has 0 fully saturated rings. The topological polar surface area (TPSA) is 29.5 Å². The Hall–Kier alpha value is -1.07. The Morgan fingerprint density at radius 3 is 2.62 bits per heavy atom. The predicted molar refractivity (Wildman–Crippen MR) is 70.7 cm³/mol. The maximum absolute atomic E-state index is 14.1. The average Bonchev–Trinajstić information content (AvgIpc) is 2.40. The van der Waals surface area contributed by atoms with Gasteiger partial charge in [0.05, 0.1) is 11.6 Å². The van der Waals surface area contributed by atoms with E-state index in [1.54, 1.807) is 0 Å². The van der Waals surface area contributed by atoms with Gasteiger partial charge in [-0.1, -0.05) is 18.2 Å². The maximum atomic E-state index is 14.1. The monoisotopic (exact) mass is 367 g/mol. The van der Waals surface area contributed by atoms with Gasteiger partial charge in [0.2, 0.25) is 5.91 Å². The number of hydrogen-bond donors (Lipinski definition) is 0. The molecule has 1 aliphatic rings. The number of rotatable bonds is 4. The molecule has 0 atom stereocenters. The molecule has 1 aromatic rings. The summed E-state index contributed by atoms with van der Waals surface area (Å²) in [5, 5.41) is 0. The fraction of sp³-hybridized carbons (Fsp3) is 0.267. The summed E-state index contributed by atoms with van der Waals surface area (Å²) in [5.74, 6) is -1.68. The standard InChI is InChI=1S/C15H14F2NO2.Y/c1-3-7-20-10-8-11(16)15(12(17)9-10)13-5-4-6-14(19)18(13)2;/h3,8-9H,1,4,6-7H2,2H3;/q-1;. The van der Waals surface area contributed by atoms with Gasteiger partial charge < -0.3 is 9.64 Å². The van der Waals surface area contributed by atoms with Crippen molar-refractivity contribution in [1.29, 1.82) is 0 Å². The molecular weight excluding hydrogens is 353 g/mol. The summed E-state index contributed by atoms with van der Waals surface area (Å²) in [4.78, 5) is 12.8. The minimum Gasteiger partial charge on any atom is -0.489 e. The second kappa shape index (κ2) is 7.80. The van der Waals surface area contributed by atoms with Gasteiger partial charge in [0, 0.05) is 46.2 Å². The first kappa shape index (κ1) is 18.0. The van der Waals surface area contributed by atoms with E-state index < -0.39 is 11.6 Å². The molecular formula is C15H14F2NO2Y-. The first-order valence-corrected chi connectivity index (χ1v) is 6.15. The zero-order valence-electron chi connectivity index (χ0n) is 11.7. The van der Waals surface area contributed by atoms with Crippen molar-refractivity contribution >= 4 is 11.6 Å². The Balaban J connectivity index is 0.00000220. The van der Waals surface area contributed by atoms with Gasteiger partial charge in [-0.05, 0) is 12.1 Å². The first-order valence-electron chi connectivity index (χ1n) is 6.15. The van der Waals surface area contributed by atoms with E-state index in [4.69, 9.17) is 4.74 Å². The Morgan fingerprint density at radius 1 is 1.43 bits per heavy atom. The smallest absolute Gasteiger partial charge is 0.222 e. The van der Waals surface area contributed by atoms with Gasteiger partial charge in [-0.25, -0.2) is 14.9 Å². The fourth-order valence-electron chi connectivity index (χ4n) is 1.97. The number of amides is 1. The Kier molecular flexibility index (Phi) is 6.68. The van der Waals surface area contributed by atoms with E-state index in [0.29, 0.717) is 12.8 Å². The summed E-state index contributed by atoms with van der Waals surface area (Å²) in [6.45, 7) is 3.62. The molecule has 3 nitrogen and oxygen atoms in total. The number of nitrogens with zero attached hydrogens (tertiary/aromatic N) is 1. The van der Waals surface area contributed by atoms with Crippen molar-refractivity contribution in [2.24, 2.45) is 0 Å². The van der Waals surface area contributed by atoms with Gasteiger partial charge in [-0.3, -0.25) is 4.79 Å². The predicted octanol–water partition coefficient (Wildman–Crippen LogP) is 2.92. The van der Waals surface area contributed by atoms with Crippen molar-refractivity contribution < 1.29 is 51.0 Å². The van der Waals surface area contributed by atoms with E-state index in [1.807, 2.05) is 0 Å². The molecule has 2 rings (SSSR count). The number of carbonyl (C=O) groups is 1. The second-order valence-corrected chi connectivity index (χ2v) is 4.34. The van der Waals surface area contributed by atoms with Crippen LogP contribution in [0, 0.1) is 17.7 Å². The molecule has 0 spiro atoms. The Labute approximate surface area is 147 Å². The van der Waals surface area contributed by atoms with Crippen LogP contribution < -0.4 is 4.74 Å². The molecule has 0 bridgehead atoms. The van der Waals surface area contributed by atoms with Crippen LogP contribution in [0.5, 0.6) is 5.75 Å². The molecule has 109 valence electrons. The number of hydrogen-bond acceptors (Lipinski definition) is 2. The van der Waals surface area contributed by atoms with Crippen molar-refractivity contribution in [3.05, 3.63) is 48.1 Å². The molecule has 1 aliphatic heterocycles. The van der Waals surface area contributed by atoms with E-state index in [9.17, 15) is 13.6 Å². The summed E-state index contributed by atoms with van der Waals surface area (Å²) >= 11 is 0. The Morgan fingerprint density at radius 2 is 2.05 bits per heavy atom. The first-order chi connectivity index (χ1) is 9.54. The van der Waals surface area contributed by atoms with Gasteiger partial charge in [-0.2, -0.15) is 0 Å². The third kappa shape index (κ3) is 3.98. The van der Waals surface area contributed by atoms with Crippen molar-refractivity contribution in [3.63, 3.8) is 0 Å². The minimum absolute atomic E-state index is 0. The van der Waals surface area contributed by atoms with Crippen LogP contribution in [0.4, 0.5) is 8.78 Å². The zero-order chi connectivity index (χ0) is 14.7. The Bertz CT molecular complexity index is 564.